The molecule has 8 heteroatoms. The third-order valence-electron chi connectivity index (χ3n) is 3.58. The van der Waals surface area contributed by atoms with E-state index in [1.54, 1.807) is 23.0 Å². The van der Waals surface area contributed by atoms with Crippen molar-refractivity contribution in [3.63, 3.8) is 0 Å². The number of nitrogens with one attached hydrogen (secondary N) is 1. The summed E-state index contributed by atoms with van der Waals surface area (Å²) in [7, 11) is 3.80. The molecule has 0 aliphatic carbocycles. The molecule has 1 N–H and O–H groups in total. The van der Waals surface area contributed by atoms with Gasteiger partial charge in [0, 0.05) is 33.4 Å². The van der Waals surface area contributed by atoms with Crippen LogP contribution in [0.2, 0.25) is 0 Å². The second-order valence-corrected chi connectivity index (χ2v) is 5.49. The summed E-state index contributed by atoms with van der Waals surface area (Å²) in [5, 5.41) is 7.37. The van der Waals surface area contributed by atoms with E-state index in [9.17, 15) is 8.78 Å². The lowest BCUT2D eigenvalue weighted by Crippen LogP contribution is -2.38. The second-order valence-electron chi connectivity index (χ2n) is 5.49. The van der Waals surface area contributed by atoms with Crippen LogP contribution in [-0.4, -0.2) is 40.8 Å². The molecule has 0 amide bonds. The van der Waals surface area contributed by atoms with Crippen molar-refractivity contribution in [2.45, 2.75) is 26.6 Å². The molecule has 2 aromatic rings. The van der Waals surface area contributed by atoms with Gasteiger partial charge in [0.15, 0.2) is 5.96 Å². The third-order valence-corrected chi connectivity index (χ3v) is 3.58. The first kappa shape index (κ1) is 18.7. The number of halogens is 2. The van der Waals surface area contributed by atoms with E-state index >= 15 is 0 Å². The number of hydrogen-bond donors (Lipinski definition) is 1. The smallest absolute Gasteiger partial charge is 0.387 e. The van der Waals surface area contributed by atoms with Crippen LogP contribution in [0.5, 0.6) is 5.75 Å². The highest BCUT2D eigenvalue weighted by molar-refractivity contribution is 5.79. The van der Waals surface area contributed by atoms with Gasteiger partial charge in [0.2, 0.25) is 0 Å². The van der Waals surface area contributed by atoms with E-state index < -0.39 is 6.61 Å². The van der Waals surface area contributed by atoms with Gasteiger partial charge >= 0.3 is 6.61 Å². The molecule has 0 bridgehead atoms. The number of benzene rings is 1. The minimum Gasteiger partial charge on any atom is -0.435 e. The van der Waals surface area contributed by atoms with Crippen LogP contribution < -0.4 is 10.1 Å². The zero-order chi connectivity index (χ0) is 18.2. The lowest BCUT2D eigenvalue weighted by molar-refractivity contribution is -0.0498. The summed E-state index contributed by atoms with van der Waals surface area (Å²) in [6.07, 6.45) is 1.74. The Morgan fingerprint density at radius 1 is 1.32 bits per heavy atom. The maximum Gasteiger partial charge on any atom is 0.387 e. The van der Waals surface area contributed by atoms with E-state index in [1.165, 1.54) is 12.1 Å². The number of alkyl halides is 2. The fraction of sp³-hybridized carbons (Fsp3) is 0.412. The average Bonchev–Trinajstić information content (AvgIpc) is 2.98. The quantitative estimate of drug-likeness (QED) is 0.615. The molecule has 6 nitrogen and oxygen atoms in total. The molecule has 0 fully saturated rings. The van der Waals surface area contributed by atoms with Crippen molar-refractivity contribution < 1.29 is 13.5 Å². The van der Waals surface area contributed by atoms with Crippen LogP contribution in [0.25, 0.3) is 0 Å². The summed E-state index contributed by atoms with van der Waals surface area (Å²) in [6.45, 7) is 1.05. The summed E-state index contributed by atoms with van der Waals surface area (Å²) in [5.74, 6) is 0.912. The number of rotatable bonds is 7. The van der Waals surface area contributed by atoms with E-state index in [1.807, 2.05) is 32.0 Å². The van der Waals surface area contributed by atoms with Gasteiger partial charge < -0.3 is 15.0 Å². The molecule has 0 saturated carbocycles. The van der Waals surface area contributed by atoms with Crippen LogP contribution in [0.1, 0.15) is 18.2 Å². The highest BCUT2D eigenvalue weighted by atomic mass is 19.3. The Labute approximate surface area is 146 Å². The third kappa shape index (κ3) is 5.74. The molecule has 1 aromatic carbocycles. The Bertz CT molecular complexity index is 685. The molecule has 0 aliphatic heterocycles. The molecule has 25 heavy (non-hydrogen) atoms. The van der Waals surface area contributed by atoms with Crippen LogP contribution in [0, 0.1) is 0 Å². The summed E-state index contributed by atoms with van der Waals surface area (Å²) in [5.41, 5.74) is 1.98. The Morgan fingerprint density at radius 3 is 2.60 bits per heavy atom. The first-order valence-electron chi connectivity index (χ1n) is 7.99. The van der Waals surface area contributed by atoms with Gasteiger partial charge in [0.1, 0.15) is 5.75 Å². The van der Waals surface area contributed by atoms with Gasteiger partial charge in [-0.3, -0.25) is 4.68 Å². The number of nitrogens with zero attached hydrogens (tertiary/aromatic N) is 4. The molecule has 2 rings (SSSR count). The predicted octanol–water partition coefficient (Wildman–Crippen LogP) is 2.62. The highest BCUT2D eigenvalue weighted by Crippen LogP contribution is 2.15. The van der Waals surface area contributed by atoms with Crippen molar-refractivity contribution in [1.82, 2.24) is 20.0 Å². The Morgan fingerprint density at radius 2 is 2.04 bits per heavy atom. The van der Waals surface area contributed by atoms with Crippen molar-refractivity contribution in [3.8, 4) is 5.75 Å². The number of aromatic nitrogens is 2. The van der Waals surface area contributed by atoms with Gasteiger partial charge in [0.25, 0.3) is 0 Å². The molecule has 0 spiro atoms. The summed E-state index contributed by atoms with van der Waals surface area (Å²) in [4.78, 5) is 6.59. The standard InChI is InChI=1S/C17H23F2N5O/c1-4-20-17(21-11-14-9-10-22-24(14)3)23(2)12-13-5-7-15(8-6-13)25-16(18)19/h5-10,16H,4,11-12H2,1-3H3,(H,20,21). The normalized spacial score (nSPS) is 11.7. The molecule has 136 valence electrons. The van der Waals surface area contributed by atoms with Crippen LogP contribution in [0.15, 0.2) is 41.5 Å². The average molecular weight is 351 g/mol. The Kier molecular flexibility index (Phi) is 6.73. The summed E-state index contributed by atoms with van der Waals surface area (Å²) < 4.78 is 30.5. The number of aryl methyl sites for hydroxylation is 1. The van der Waals surface area contributed by atoms with E-state index in [0.717, 1.165) is 23.8 Å². The number of ether oxygens (including phenoxy) is 1. The first-order valence-corrected chi connectivity index (χ1v) is 7.99. The van der Waals surface area contributed by atoms with Crippen LogP contribution in [-0.2, 0) is 20.1 Å². The highest BCUT2D eigenvalue weighted by Gasteiger charge is 2.08. The fourth-order valence-electron chi connectivity index (χ4n) is 2.31. The largest absolute Gasteiger partial charge is 0.435 e. The molecule has 1 aromatic heterocycles. The zero-order valence-electron chi connectivity index (χ0n) is 14.6. The van der Waals surface area contributed by atoms with Gasteiger partial charge in [-0.1, -0.05) is 12.1 Å². The number of hydrogen-bond acceptors (Lipinski definition) is 3. The first-order chi connectivity index (χ1) is 12.0. The van der Waals surface area contributed by atoms with Crippen molar-refractivity contribution >= 4 is 5.96 Å². The topological polar surface area (TPSA) is 54.7 Å². The van der Waals surface area contributed by atoms with E-state index in [0.29, 0.717) is 13.1 Å². The minimum atomic E-state index is -2.81. The summed E-state index contributed by atoms with van der Waals surface area (Å²) in [6, 6.07) is 8.52. The molecular weight excluding hydrogens is 328 g/mol. The van der Waals surface area contributed by atoms with Gasteiger partial charge in [-0.05, 0) is 30.7 Å². The van der Waals surface area contributed by atoms with Crippen LogP contribution >= 0.6 is 0 Å². The minimum absolute atomic E-state index is 0.151. The van der Waals surface area contributed by atoms with Gasteiger partial charge in [0.05, 0.1) is 12.2 Å². The van der Waals surface area contributed by atoms with Gasteiger partial charge in [-0.15, -0.1) is 0 Å². The van der Waals surface area contributed by atoms with Crippen molar-refractivity contribution in [2.24, 2.45) is 12.0 Å². The lowest BCUT2D eigenvalue weighted by atomic mass is 10.2. The van der Waals surface area contributed by atoms with Crippen molar-refractivity contribution in [2.75, 3.05) is 13.6 Å². The molecule has 1 heterocycles. The van der Waals surface area contributed by atoms with E-state index in [4.69, 9.17) is 0 Å². The van der Waals surface area contributed by atoms with Gasteiger partial charge in [-0.25, -0.2) is 4.99 Å². The molecular formula is C17H23F2N5O. The van der Waals surface area contributed by atoms with Gasteiger partial charge in [-0.2, -0.15) is 13.9 Å². The fourth-order valence-corrected chi connectivity index (χ4v) is 2.31. The summed E-state index contributed by atoms with van der Waals surface area (Å²) >= 11 is 0. The molecule has 0 atom stereocenters. The Hall–Kier alpha value is -2.64. The molecule has 0 radical (unpaired) electrons. The predicted molar refractivity (Wildman–Crippen MR) is 92.6 cm³/mol. The molecule has 0 saturated heterocycles. The van der Waals surface area contributed by atoms with E-state index in [2.05, 4.69) is 20.1 Å². The second kappa shape index (κ2) is 9.00. The van der Waals surface area contributed by atoms with Crippen LogP contribution in [0.4, 0.5) is 8.78 Å². The van der Waals surface area contributed by atoms with Crippen molar-refractivity contribution in [1.29, 1.82) is 0 Å². The molecule has 0 unspecified atom stereocenters. The van der Waals surface area contributed by atoms with Crippen LogP contribution in [0.3, 0.4) is 0 Å². The monoisotopic (exact) mass is 351 g/mol. The maximum atomic E-state index is 12.2. The zero-order valence-corrected chi connectivity index (χ0v) is 14.6. The number of guanidine groups is 1. The van der Waals surface area contributed by atoms with Crippen molar-refractivity contribution in [3.05, 3.63) is 47.8 Å². The lowest BCUT2D eigenvalue weighted by Gasteiger charge is -2.22. The maximum absolute atomic E-state index is 12.2. The number of aliphatic imine (C=N–C) groups is 1. The Balaban J connectivity index is 2.01. The molecule has 0 aliphatic rings. The van der Waals surface area contributed by atoms with E-state index in [-0.39, 0.29) is 5.75 Å². The SMILES string of the molecule is CCNC(=NCc1ccnn1C)N(C)Cc1ccc(OC(F)F)cc1.